The van der Waals surface area contributed by atoms with Crippen LogP contribution in [0.25, 0.3) is 0 Å². The highest BCUT2D eigenvalue weighted by Gasteiger charge is 2.38. The van der Waals surface area contributed by atoms with E-state index in [1.807, 2.05) is 13.8 Å². The summed E-state index contributed by atoms with van der Waals surface area (Å²) in [5.74, 6) is -0.714. The van der Waals surface area contributed by atoms with E-state index in [2.05, 4.69) is 0 Å². The molecule has 12 nitrogen and oxygen atoms in total. The highest BCUT2D eigenvalue weighted by atomic mass is 16.8. The Balaban J connectivity index is 3.22. The van der Waals surface area contributed by atoms with Crippen molar-refractivity contribution in [1.29, 1.82) is 0 Å². The number of carbonyl (C=O) groups is 4. The molecule has 2 N–H and O–H groups in total. The number of ether oxygens (including phenoxy) is 7. The van der Waals surface area contributed by atoms with E-state index < -0.39 is 47.3 Å². The molecule has 0 heterocycles. The van der Waals surface area contributed by atoms with E-state index in [4.69, 9.17) is 38.9 Å². The van der Waals surface area contributed by atoms with E-state index in [0.29, 0.717) is 17.9 Å². The van der Waals surface area contributed by atoms with Crippen LogP contribution in [0.2, 0.25) is 0 Å². The van der Waals surface area contributed by atoms with Gasteiger partial charge < -0.3 is 38.9 Å². The van der Waals surface area contributed by atoms with Crippen molar-refractivity contribution >= 4 is 24.4 Å². The van der Waals surface area contributed by atoms with Gasteiger partial charge in [-0.05, 0) is 78.5 Å². The number of nitrogens with two attached hydrogens (primary N) is 1. The van der Waals surface area contributed by atoms with Crippen LogP contribution >= 0.6 is 0 Å². The zero-order valence-corrected chi connectivity index (χ0v) is 25.8. The van der Waals surface area contributed by atoms with Crippen LogP contribution in [0.4, 0.5) is 14.4 Å². The van der Waals surface area contributed by atoms with Gasteiger partial charge in [-0.15, -0.1) is 0 Å². The first-order chi connectivity index (χ1) is 18.7. The minimum atomic E-state index is -1.65. The molecule has 0 aromatic heterocycles. The third-order valence-electron chi connectivity index (χ3n) is 5.15. The molecule has 2 atom stereocenters. The largest absolute Gasteiger partial charge is 0.514 e. The smallest absolute Gasteiger partial charge is 0.468 e. The van der Waals surface area contributed by atoms with Gasteiger partial charge in [-0.2, -0.15) is 0 Å². The van der Waals surface area contributed by atoms with E-state index >= 15 is 0 Å². The summed E-state index contributed by atoms with van der Waals surface area (Å²) in [6, 6.07) is 4.26. The van der Waals surface area contributed by atoms with Gasteiger partial charge in [0.2, 0.25) is 0 Å². The molecule has 1 unspecified atom stereocenters. The third kappa shape index (κ3) is 14.1. The van der Waals surface area contributed by atoms with E-state index in [0.717, 1.165) is 0 Å². The SMILES string of the molecule is COC(=O)C(N)(Cc1ccc(OC(=O)OC(C)(C)C)c(OC(=O)OC(C)(C)C)c1)C[C@H](C)OC(=O)OCCC(C)C. The van der Waals surface area contributed by atoms with Crippen LogP contribution < -0.4 is 15.2 Å². The summed E-state index contributed by atoms with van der Waals surface area (Å²) >= 11 is 0. The first-order valence-electron chi connectivity index (χ1n) is 13.4. The third-order valence-corrected chi connectivity index (χ3v) is 5.15. The fraction of sp³-hybridized carbons (Fsp3) is 0.655. The first-order valence-corrected chi connectivity index (χ1v) is 13.4. The van der Waals surface area contributed by atoms with Gasteiger partial charge in [-0.1, -0.05) is 19.9 Å². The average Bonchev–Trinajstić information content (AvgIpc) is 2.77. The summed E-state index contributed by atoms with van der Waals surface area (Å²) in [7, 11) is 1.18. The number of esters is 1. The lowest BCUT2D eigenvalue weighted by Gasteiger charge is -2.29. The minimum Gasteiger partial charge on any atom is -0.468 e. The summed E-state index contributed by atoms with van der Waals surface area (Å²) < 4.78 is 36.3. The Kier molecular flexibility index (Phi) is 12.9. The zero-order valence-electron chi connectivity index (χ0n) is 25.8. The second-order valence-corrected chi connectivity index (χ2v) is 12.2. The maximum atomic E-state index is 12.8. The highest BCUT2D eigenvalue weighted by Crippen LogP contribution is 2.32. The van der Waals surface area contributed by atoms with Crippen molar-refractivity contribution in [1.82, 2.24) is 0 Å². The summed E-state index contributed by atoms with van der Waals surface area (Å²) in [6.45, 7) is 15.7. The predicted octanol–water partition coefficient (Wildman–Crippen LogP) is 5.71. The molecule has 0 fully saturated rings. The molecule has 0 aliphatic rings. The van der Waals surface area contributed by atoms with Gasteiger partial charge in [0.05, 0.1) is 13.7 Å². The molecule has 232 valence electrons. The second-order valence-electron chi connectivity index (χ2n) is 12.2. The van der Waals surface area contributed by atoms with Gasteiger partial charge in [0.25, 0.3) is 0 Å². The van der Waals surface area contributed by atoms with Crippen LogP contribution in [0, 0.1) is 5.92 Å². The molecule has 1 rings (SSSR count). The molecule has 0 radical (unpaired) electrons. The van der Waals surface area contributed by atoms with Gasteiger partial charge in [-0.3, -0.25) is 4.79 Å². The number of benzene rings is 1. The Bertz CT molecular complexity index is 1060. The van der Waals surface area contributed by atoms with E-state index in [1.54, 1.807) is 48.5 Å². The number of hydrogen-bond donors (Lipinski definition) is 1. The average molecular weight is 584 g/mol. The van der Waals surface area contributed by atoms with E-state index in [-0.39, 0.29) is 30.9 Å². The summed E-state index contributed by atoms with van der Waals surface area (Å²) in [4.78, 5) is 49.6. The number of hydrogen-bond acceptors (Lipinski definition) is 12. The van der Waals surface area contributed by atoms with Gasteiger partial charge >= 0.3 is 24.4 Å². The molecule has 0 amide bonds. The summed E-state index contributed by atoms with van der Waals surface area (Å²) in [6.07, 6.45) is -3.31. The fourth-order valence-corrected chi connectivity index (χ4v) is 3.47. The zero-order chi connectivity index (χ0) is 31.6. The standard InChI is InChI=1S/C29H45NO11/c1-18(2)13-14-36-24(32)37-19(3)16-29(30,23(31)35-10)17-20-11-12-21(38-25(33)40-27(4,5)6)22(15-20)39-26(34)41-28(7,8)9/h11-12,15,18-19H,13-14,16-17,30H2,1-10H3/t19-,29?/m0/s1. The highest BCUT2D eigenvalue weighted by molar-refractivity contribution is 5.81. The molecule has 0 spiro atoms. The predicted molar refractivity (Wildman–Crippen MR) is 149 cm³/mol. The Morgan fingerprint density at radius 1 is 0.829 bits per heavy atom. The maximum Gasteiger partial charge on any atom is 0.514 e. The molecule has 0 saturated heterocycles. The second kappa shape index (κ2) is 14.9. The van der Waals surface area contributed by atoms with Crippen molar-refractivity contribution in [2.45, 2.75) is 104 Å². The topological polar surface area (TPSA) is 159 Å². The molecule has 1 aromatic rings. The van der Waals surface area contributed by atoms with Crippen molar-refractivity contribution in [3.63, 3.8) is 0 Å². The Hall–Kier alpha value is -3.54. The quantitative estimate of drug-likeness (QED) is 0.192. The molecule has 0 aliphatic heterocycles. The normalized spacial score (nSPS) is 13.9. The molecule has 0 saturated carbocycles. The molecule has 0 bridgehead atoms. The number of methoxy groups -OCH3 is 1. The van der Waals surface area contributed by atoms with Crippen molar-refractivity contribution in [2.75, 3.05) is 13.7 Å². The Morgan fingerprint density at radius 3 is 1.85 bits per heavy atom. The molecule has 12 heteroatoms. The van der Waals surface area contributed by atoms with Crippen LogP contribution in [-0.4, -0.2) is 61.0 Å². The van der Waals surface area contributed by atoms with Crippen molar-refractivity contribution in [3.8, 4) is 11.5 Å². The van der Waals surface area contributed by atoms with Gasteiger partial charge in [0.1, 0.15) is 22.8 Å². The number of carbonyl (C=O) groups excluding carboxylic acids is 4. The van der Waals surface area contributed by atoms with Gasteiger partial charge in [-0.25, -0.2) is 14.4 Å². The molecular weight excluding hydrogens is 538 g/mol. The monoisotopic (exact) mass is 583 g/mol. The van der Waals surface area contributed by atoms with Gasteiger partial charge in [0.15, 0.2) is 11.5 Å². The van der Waals surface area contributed by atoms with Crippen LogP contribution in [0.15, 0.2) is 18.2 Å². The van der Waals surface area contributed by atoms with Crippen LogP contribution in [0.3, 0.4) is 0 Å². The van der Waals surface area contributed by atoms with Crippen molar-refractivity contribution < 1.29 is 52.3 Å². The lowest BCUT2D eigenvalue weighted by molar-refractivity contribution is -0.148. The van der Waals surface area contributed by atoms with E-state index in [1.165, 1.54) is 25.3 Å². The minimum absolute atomic E-state index is 0.114. The Labute approximate surface area is 242 Å². The van der Waals surface area contributed by atoms with Crippen LogP contribution in [0.5, 0.6) is 11.5 Å². The van der Waals surface area contributed by atoms with Gasteiger partial charge in [0, 0.05) is 12.8 Å². The molecule has 0 aliphatic carbocycles. The number of rotatable bonds is 11. The van der Waals surface area contributed by atoms with Crippen molar-refractivity contribution in [2.24, 2.45) is 11.7 Å². The summed E-state index contributed by atoms with van der Waals surface area (Å²) in [5, 5.41) is 0. The summed E-state index contributed by atoms with van der Waals surface area (Å²) in [5.41, 5.74) is 3.56. The lowest BCUT2D eigenvalue weighted by atomic mass is 9.86. The fourth-order valence-electron chi connectivity index (χ4n) is 3.47. The molecule has 41 heavy (non-hydrogen) atoms. The Morgan fingerprint density at radius 2 is 1.37 bits per heavy atom. The van der Waals surface area contributed by atoms with E-state index in [9.17, 15) is 19.2 Å². The van der Waals surface area contributed by atoms with Crippen LogP contribution in [-0.2, 0) is 34.9 Å². The lowest BCUT2D eigenvalue weighted by Crippen LogP contribution is -2.53. The van der Waals surface area contributed by atoms with Crippen molar-refractivity contribution in [3.05, 3.63) is 23.8 Å². The molecule has 1 aromatic carbocycles. The first kappa shape index (κ1) is 35.5. The van der Waals surface area contributed by atoms with Crippen LogP contribution in [0.1, 0.15) is 80.7 Å². The maximum absolute atomic E-state index is 12.8. The molecular formula is C29H45NO11.